The Labute approximate surface area is 106 Å². The molecule has 0 aromatic carbocycles. The molecular weight excluding hydrogens is 234 g/mol. The first-order valence-electron chi connectivity index (χ1n) is 5.96. The first kappa shape index (κ1) is 12.5. The quantitative estimate of drug-likeness (QED) is 0.889. The molecular formula is C12H19N3OS. The van der Waals surface area contributed by atoms with E-state index >= 15 is 0 Å². The largest absolute Gasteiger partial charge is 0.330 e. The minimum absolute atomic E-state index is 0.0389. The molecule has 0 aliphatic carbocycles. The molecule has 5 heteroatoms. The van der Waals surface area contributed by atoms with E-state index in [0.29, 0.717) is 0 Å². The highest BCUT2D eigenvalue weighted by molar-refractivity contribution is 7.09. The lowest BCUT2D eigenvalue weighted by molar-refractivity contribution is -0.142. The van der Waals surface area contributed by atoms with Crippen molar-refractivity contribution in [1.82, 2.24) is 15.2 Å². The maximum Gasteiger partial charge on any atom is 0.240 e. The molecule has 1 aromatic rings. The van der Waals surface area contributed by atoms with Gasteiger partial charge < -0.3 is 10.2 Å². The molecule has 0 radical (unpaired) electrons. The van der Waals surface area contributed by atoms with Gasteiger partial charge in [-0.25, -0.2) is 4.98 Å². The van der Waals surface area contributed by atoms with E-state index in [4.69, 9.17) is 0 Å². The number of likely N-dealkylation sites (N-methyl/N-ethyl adjacent to an activating group) is 1. The van der Waals surface area contributed by atoms with E-state index in [-0.39, 0.29) is 17.5 Å². The van der Waals surface area contributed by atoms with Crippen LogP contribution in [-0.4, -0.2) is 35.4 Å². The average Bonchev–Trinajstić information content (AvgIpc) is 2.83. The molecule has 94 valence electrons. The summed E-state index contributed by atoms with van der Waals surface area (Å²) in [4.78, 5) is 18.6. The minimum atomic E-state index is -0.305. The molecule has 2 rings (SSSR count). The molecule has 1 N–H and O–H groups in total. The van der Waals surface area contributed by atoms with Crippen LogP contribution >= 0.6 is 11.3 Å². The van der Waals surface area contributed by atoms with Gasteiger partial charge >= 0.3 is 0 Å². The molecule has 1 atom stereocenters. The molecule has 17 heavy (non-hydrogen) atoms. The average molecular weight is 253 g/mol. The van der Waals surface area contributed by atoms with Gasteiger partial charge in [0.1, 0.15) is 5.01 Å². The highest BCUT2D eigenvalue weighted by atomic mass is 32.1. The Balaban J connectivity index is 2.24. The second kappa shape index (κ2) is 4.74. The Hall–Kier alpha value is -0.940. The molecule has 1 saturated heterocycles. The first-order chi connectivity index (χ1) is 8.07. The number of amides is 1. The van der Waals surface area contributed by atoms with E-state index in [9.17, 15) is 4.79 Å². The smallest absolute Gasteiger partial charge is 0.240 e. The number of carbonyl (C=O) groups excluding carboxylic acids is 1. The molecule has 0 saturated carbocycles. The van der Waals surface area contributed by atoms with Gasteiger partial charge in [0.25, 0.3) is 0 Å². The van der Waals surface area contributed by atoms with Gasteiger partial charge in [-0.15, -0.1) is 11.3 Å². The van der Waals surface area contributed by atoms with Crippen LogP contribution in [0.1, 0.15) is 31.7 Å². The van der Waals surface area contributed by atoms with Crippen molar-refractivity contribution in [1.29, 1.82) is 0 Å². The summed E-state index contributed by atoms with van der Waals surface area (Å²) < 4.78 is 0. The van der Waals surface area contributed by atoms with Crippen molar-refractivity contribution in [3.63, 3.8) is 0 Å². The zero-order valence-electron chi connectivity index (χ0n) is 10.6. The molecule has 0 bridgehead atoms. The van der Waals surface area contributed by atoms with Crippen LogP contribution in [0.15, 0.2) is 11.6 Å². The van der Waals surface area contributed by atoms with E-state index in [0.717, 1.165) is 24.4 Å². The molecule has 1 aliphatic heterocycles. The van der Waals surface area contributed by atoms with E-state index < -0.39 is 0 Å². The Morgan fingerprint density at radius 2 is 2.35 bits per heavy atom. The van der Waals surface area contributed by atoms with Crippen LogP contribution < -0.4 is 5.32 Å². The van der Waals surface area contributed by atoms with Crippen molar-refractivity contribution < 1.29 is 4.79 Å². The fourth-order valence-corrected chi connectivity index (χ4v) is 3.11. The lowest BCUT2D eigenvalue weighted by Gasteiger charge is -2.42. The molecule has 0 spiro atoms. The number of aromatic nitrogens is 1. The third-order valence-corrected chi connectivity index (χ3v) is 4.50. The Kier molecular flexibility index (Phi) is 3.49. The van der Waals surface area contributed by atoms with Crippen molar-refractivity contribution in [2.75, 3.05) is 13.6 Å². The maximum absolute atomic E-state index is 12.3. The fourth-order valence-electron chi connectivity index (χ4n) is 2.34. The van der Waals surface area contributed by atoms with E-state index in [1.165, 1.54) is 0 Å². The zero-order valence-corrected chi connectivity index (χ0v) is 11.4. The fraction of sp³-hybridized carbons (Fsp3) is 0.667. The summed E-state index contributed by atoms with van der Waals surface area (Å²) in [6.07, 6.45) is 3.78. The topological polar surface area (TPSA) is 45.2 Å². The predicted molar refractivity (Wildman–Crippen MR) is 68.9 cm³/mol. The van der Waals surface area contributed by atoms with Crippen molar-refractivity contribution in [3.8, 4) is 0 Å². The Morgan fingerprint density at radius 1 is 1.59 bits per heavy atom. The predicted octanol–water partition coefficient (Wildman–Crippen LogP) is 1.59. The van der Waals surface area contributed by atoms with Gasteiger partial charge in [0.2, 0.25) is 5.91 Å². The molecule has 1 aromatic heterocycles. The molecule has 1 unspecified atom stereocenters. The van der Waals surface area contributed by atoms with E-state index in [1.807, 2.05) is 17.3 Å². The third kappa shape index (κ3) is 2.21. The van der Waals surface area contributed by atoms with Crippen LogP contribution in [0.2, 0.25) is 0 Å². The number of piperidine rings is 1. The van der Waals surface area contributed by atoms with Gasteiger partial charge in [-0.1, -0.05) is 0 Å². The molecule has 1 fully saturated rings. The summed E-state index contributed by atoms with van der Waals surface area (Å²) in [6, 6.07) is -0.0389. The Morgan fingerprint density at radius 3 is 2.94 bits per heavy atom. The van der Waals surface area contributed by atoms with Crippen LogP contribution in [0.25, 0.3) is 0 Å². The van der Waals surface area contributed by atoms with Crippen LogP contribution in [0.4, 0.5) is 0 Å². The molecule has 4 nitrogen and oxygen atoms in total. The van der Waals surface area contributed by atoms with Gasteiger partial charge in [0.15, 0.2) is 0 Å². The summed E-state index contributed by atoms with van der Waals surface area (Å²) in [5.74, 6) is 0.193. The number of thiazole rings is 1. The lowest BCUT2D eigenvalue weighted by Crippen LogP contribution is -2.56. The van der Waals surface area contributed by atoms with Crippen molar-refractivity contribution >= 4 is 17.2 Å². The number of nitrogens with zero attached hydrogens (tertiary/aromatic N) is 2. The highest BCUT2D eigenvalue weighted by Crippen LogP contribution is 2.32. The van der Waals surface area contributed by atoms with Gasteiger partial charge in [0.05, 0.1) is 11.6 Å². The highest BCUT2D eigenvalue weighted by Gasteiger charge is 2.39. The van der Waals surface area contributed by atoms with Gasteiger partial charge in [-0.2, -0.15) is 0 Å². The summed E-state index contributed by atoms with van der Waals surface area (Å²) in [6.45, 7) is 4.97. The number of carbonyl (C=O) groups is 1. The van der Waals surface area contributed by atoms with Crippen molar-refractivity contribution in [2.24, 2.45) is 0 Å². The van der Waals surface area contributed by atoms with Gasteiger partial charge in [-0.3, -0.25) is 4.79 Å². The van der Waals surface area contributed by atoms with Crippen molar-refractivity contribution in [3.05, 3.63) is 16.6 Å². The summed E-state index contributed by atoms with van der Waals surface area (Å²) >= 11 is 1.61. The van der Waals surface area contributed by atoms with Crippen LogP contribution in [-0.2, 0) is 10.3 Å². The summed E-state index contributed by atoms with van der Waals surface area (Å²) in [5.41, 5.74) is -0.305. The van der Waals surface area contributed by atoms with Crippen LogP contribution in [0.5, 0.6) is 0 Å². The second-order valence-electron chi connectivity index (χ2n) is 4.87. The Bertz CT molecular complexity index is 388. The van der Waals surface area contributed by atoms with E-state index in [2.05, 4.69) is 24.1 Å². The normalized spacial score (nSPS) is 21.9. The maximum atomic E-state index is 12.3. The lowest BCUT2D eigenvalue weighted by atomic mass is 9.96. The standard InChI is InChI=1S/C12H19N3OS/c1-12(2,11-14-6-8-17-11)15-7-4-5-9(13-3)10(15)16/h6,8-9,13H,4-5,7H2,1-3H3. The van der Waals surface area contributed by atoms with Crippen LogP contribution in [0.3, 0.4) is 0 Å². The number of rotatable bonds is 3. The van der Waals surface area contributed by atoms with Crippen LogP contribution in [0, 0.1) is 0 Å². The summed E-state index contributed by atoms with van der Waals surface area (Å²) in [5, 5.41) is 6.05. The van der Waals surface area contributed by atoms with E-state index in [1.54, 1.807) is 17.5 Å². The SMILES string of the molecule is CNC1CCCN(C(C)(C)c2nccs2)C1=O. The van der Waals surface area contributed by atoms with Gasteiger partial charge in [0, 0.05) is 18.1 Å². The second-order valence-corrected chi connectivity index (χ2v) is 5.76. The number of likely N-dealkylation sites (tertiary alicyclic amines) is 1. The minimum Gasteiger partial charge on any atom is -0.330 e. The molecule has 1 amide bonds. The first-order valence-corrected chi connectivity index (χ1v) is 6.84. The zero-order chi connectivity index (χ0) is 12.5. The number of hydrogen-bond donors (Lipinski definition) is 1. The van der Waals surface area contributed by atoms with Gasteiger partial charge in [-0.05, 0) is 33.7 Å². The number of nitrogens with one attached hydrogen (secondary N) is 1. The third-order valence-electron chi connectivity index (χ3n) is 3.42. The molecule has 1 aliphatic rings. The monoisotopic (exact) mass is 253 g/mol. The summed E-state index contributed by atoms with van der Waals surface area (Å²) in [7, 11) is 1.85. The molecule has 2 heterocycles. The number of hydrogen-bond acceptors (Lipinski definition) is 4. The van der Waals surface area contributed by atoms with Crippen molar-refractivity contribution in [2.45, 2.75) is 38.3 Å².